The molecule has 3 heteroatoms. The Labute approximate surface area is 93.5 Å². The minimum absolute atomic E-state index is 0.180. The summed E-state index contributed by atoms with van der Waals surface area (Å²) < 4.78 is 0. The van der Waals surface area contributed by atoms with Crippen LogP contribution in [0.25, 0.3) is 10.9 Å². The topological polar surface area (TPSA) is 44.9 Å². The van der Waals surface area contributed by atoms with E-state index in [2.05, 4.69) is 10.3 Å². The Balaban J connectivity index is 2.44. The molecule has 3 nitrogen and oxygen atoms in total. The quantitative estimate of drug-likeness (QED) is 0.697. The summed E-state index contributed by atoms with van der Waals surface area (Å²) in [5, 5.41) is 4.05. The molecule has 82 valence electrons. The van der Waals surface area contributed by atoms with Crippen molar-refractivity contribution >= 4 is 10.9 Å². The maximum absolute atomic E-state index is 12.3. The van der Waals surface area contributed by atoms with Gasteiger partial charge in [0.1, 0.15) is 0 Å². The first-order chi connectivity index (χ1) is 7.77. The van der Waals surface area contributed by atoms with Crippen LogP contribution >= 0.6 is 0 Å². The molecule has 0 fully saturated rings. The first-order valence-corrected chi connectivity index (χ1v) is 5.61. The van der Waals surface area contributed by atoms with Gasteiger partial charge in [-0.1, -0.05) is 12.1 Å². The molecule has 0 bridgehead atoms. The molecule has 0 unspecified atom stereocenters. The van der Waals surface area contributed by atoms with E-state index in [4.69, 9.17) is 0 Å². The summed E-state index contributed by atoms with van der Waals surface area (Å²) in [6.07, 6.45) is 0.912. The zero-order valence-corrected chi connectivity index (χ0v) is 9.26. The number of hydrogen-bond donors (Lipinski definition) is 2. The van der Waals surface area contributed by atoms with Crippen LogP contribution in [-0.4, -0.2) is 11.5 Å². The van der Waals surface area contributed by atoms with Gasteiger partial charge in [0, 0.05) is 36.2 Å². The highest BCUT2D eigenvalue weighted by Crippen LogP contribution is 2.17. The summed E-state index contributed by atoms with van der Waals surface area (Å²) >= 11 is 0. The minimum Gasteiger partial charge on any atom is -0.358 e. The maximum atomic E-state index is 12.3. The second-order valence-corrected chi connectivity index (χ2v) is 4.34. The van der Waals surface area contributed by atoms with E-state index in [1.54, 1.807) is 0 Å². The molecule has 0 atom stereocenters. The van der Waals surface area contributed by atoms with Crippen molar-refractivity contribution in [3.63, 3.8) is 0 Å². The van der Waals surface area contributed by atoms with Crippen LogP contribution < -0.4 is 10.7 Å². The molecule has 0 aliphatic carbocycles. The highest BCUT2D eigenvalue weighted by atomic mass is 16.1. The van der Waals surface area contributed by atoms with Gasteiger partial charge in [-0.25, -0.2) is 0 Å². The van der Waals surface area contributed by atoms with Crippen molar-refractivity contribution in [2.45, 2.75) is 19.9 Å². The third-order valence-corrected chi connectivity index (χ3v) is 3.29. The van der Waals surface area contributed by atoms with Gasteiger partial charge in [-0.2, -0.15) is 0 Å². The fraction of sp³-hybridized carbons (Fsp3) is 0.308. The number of para-hydroxylation sites is 1. The van der Waals surface area contributed by atoms with Crippen LogP contribution in [0.3, 0.4) is 0 Å². The zero-order valence-electron chi connectivity index (χ0n) is 9.26. The number of rotatable bonds is 0. The highest BCUT2D eigenvalue weighted by Gasteiger charge is 2.15. The van der Waals surface area contributed by atoms with Gasteiger partial charge < -0.3 is 10.3 Å². The molecule has 1 aromatic carbocycles. The van der Waals surface area contributed by atoms with Crippen LogP contribution in [0.15, 0.2) is 23.0 Å². The molecule has 0 amide bonds. The molecule has 0 radical (unpaired) electrons. The predicted octanol–water partition coefficient (Wildman–Crippen LogP) is 1.48. The van der Waals surface area contributed by atoms with Crippen molar-refractivity contribution in [2.24, 2.45) is 0 Å². The lowest BCUT2D eigenvalue weighted by molar-refractivity contribution is 0.629. The first-order valence-electron chi connectivity index (χ1n) is 5.61. The van der Waals surface area contributed by atoms with Crippen LogP contribution in [0.5, 0.6) is 0 Å². The van der Waals surface area contributed by atoms with Crippen LogP contribution in [0.4, 0.5) is 0 Å². The fourth-order valence-corrected chi connectivity index (χ4v) is 2.38. The van der Waals surface area contributed by atoms with Gasteiger partial charge in [0.05, 0.1) is 5.52 Å². The van der Waals surface area contributed by atoms with Gasteiger partial charge in [-0.15, -0.1) is 0 Å². The number of hydrogen-bond acceptors (Lipinski definition) is 2. The monoisotopic (exact) mass is 214 g/mol. The number of aromatic amines is 1. The second kappa shape index (κ2) is 3.46. The Bertz CT molecular complexity index is 613. The summed E-state index contributed by atoms with van der Waals surface area (Å²) in [5.74, 6) is 0. The summed E-state index contributed by atoms with van der Waals surface area (Å²) in [6, 6.07) is 5.87. The standard InChI is InChI=1S/C13H14N2O/c1-8-3-2-4-9-12(8)15-11-5-6-14-7-10(11)13(9)16/h2-4,14H,5-7H2,1H3,(H,15,16). The molecule has 0 saturated carbocycles. The van der Waals surface area contributed by atoms with Crippen molar-refractivity contribution in [1.82, 2.24) is 10.3 Å². The summed E-state index contributed by atoms with van der Waals surface area (Å²) in [5.41, 5.74) is 4.32. The second-order valence-electron chi connectivity index (χ2n) is 4.34. The van der Waals surface area contributed by atoms with Crippen molar-refractivity contribution in [3.05, 3.63) is 45.2 Å². The van der Waals surface area contributed by atoms with E-state index in [0.717, 1.165) is 40.7 Å². The number of aromatic nitrogens is 1. The summed E-state index contributed by atoms with van der Waals surface area (Å²) in [7, 11) is 0. The lowest BCUT2D eigenvalue weighted by Gasteiger charge is -2.17. The minimum atomic E-state index is 0.180. The number of aryl methyl sites for hydroxylation is 1. The average Bonchev–Trinajstić information content (AvgIpc) is 2.31. The molecule has 1 aromatic heterocycles. The first kappa shape index (κ1) is 9.60. The highest BCUT2D eigenvalue weighted by molar-refractivity contribution is 5.82. The van der Waals surface area contributed by atoms with Crippen LogP contribution in [0.1, 0.15) is 16.8 Å². The van der Waals surface area contributed by atoms with Gasteiger partial charge in [-0.05, 0) is 18.6 Å². The lowest BCUT2D eigenvalue weighted by Crippen LogP contribution is -2.30. The van der Waals surface area contributed by atoms with E-state index < -0.39 is 0 Å². The molecule has 3 rings (SSSR count). The Morgan fingerprint density at radius 2 is 2.19 bits per heavy atom. The number of benzene rings is 1. The molecule has 2 heterocycles. The van der Waals surface area contributed by atoms with Crippen LogP contribution in [0.2, 0.25) is 0 Å². The van der Waals surface area contributed by atoms with E-state index in [0.29, 0.717) is 6.54 Å². The van der Waals surface area contributed by atoms with E-state index in [-0.39, 0.29) is 5.43 Å². The molecule has 0 saturated heterocycles. The number of H-pyrrole nitrogens is 1. The largest absolute Gasteiger partial charge is 0.358 e. The van der Waals surface area contributed by atoms with Crippen molar-refractivity contribution in [2.75, 3.05) is 6.54 Å². The molecule has 0 spiro atoms. The van der Waals surface area contributed by atoms with Gasteiger partial charge in [0.2, 0.25) is 0 Å². The molecule has 1 aliphatic rings. The smallest absolute Gasteiger partial charge is 0.194 e. The summed E-state index contributed by atoms with van der Waals surface area (Å²) in [6.45, 7) is 3.67. The molecule has 2 N–H and O–H groups in total. The van der Waals surface area contributed by atoms with E-state index >= 15 is 0 Å². The van der Waals surface area contributed by atoms with Crippen LogP contribution in [0, 0.1) is 6.92 Å². The average molecular weight is 214 g/mol. The number of pyridine rings is 1. The third kappa shape index (κ3) is 1.28. The molecule has 2 aromatic rings. The lowest BCUT2D eigenvalue weighted by atomic mass is 10.0. The third-order valence-electron chi connectivity index (χ3n) is 3.29. The van der Waals surface area contributed by atoms with Gasteiger partial charge in [0.25, 0.3) is 0 Å². The van der Waals surface area contributed by atoms with Gasteiger partial charge >= 0.3 is 0 Å². The molecular weight excluding hydrogens is 200 g/mol. The molecular formula is C13H14N2O. The van der Waals surface area contributed by atoms with Crippen LogP contribution in [-0.2, 0) is 13.0 Å². The zero-order chi connectivity index (χ0) is 11.1. The SMILES string of the molecule is Cc1cccc2c(=O)c3c([nH]c12)CCNC3. The molecule has 1 aliphatic heterocycles. The predicted molar refractivity (Wildman–Crippen MR) is 64.7 cm³/mol. The van der Waals surface area contributed by atoms with E-state index in [1.165, 1.54) is 0 Å². The Morgan fingerprint density at radius 3 is 3.06 bits per heavy atom. The van der Waals surface area contributed by atoms with Crippen molar-refractivity contribution in [3.8, 4) is 0 Å². The maximum Gasteiger partial charge on any atom is 0.194 e. The fourth-order valence-electron chi connectivity index (χ4n) is 2.38. The Kier molecular flexibility index (Phi) is 2.07. The van der Waals surface area contributed by atoms with Gasteiger partial charge in [0.15, 0.2) is 5.43 Å². The molecule has 16 heavy (non-hydrogen) atoms. The summed E-state index contributed by atoms with van der Waals surface area (Å²) in [4.78, 5) is 15.7. The van der Waals surface area contributed by atoms with Crippen molar-refractivity contribution < 1.29 is 0 Å². The van der Waals surface area contributed by atoms with E-state index in [9.17, 15) is 4.79 Å². The Morgan fingerprint density at radius 1 is 1.31 bits per heavy atom. The van der Waals surface area contributed by atoms with Crippen molar-refractivity contribution in [1.29, 1.82) is 0 Å². The normalized spacial score (nSPS) is 15.1. The number of fused-ring (bicyclic) bond motifs is 2. The van der Waals surface area contributed by atoms with E-state index in [1.807, 2.05) is 25.1 Å². The number of nitrogens with one attached hydrogen (secondary N) is 2. The Hall–Kier alpha value is -1.61. The van der Waals surface area contributed by atoms with Gasteiger partial charge in [-0.3, -0.25) is 4.79 Å².